The summed E-state index contributed by atoms with van der Waals surface area (Å²) in [6, 6.07) is 1.76. The van der Waals surface area contributed by atoms with Crippen LogP contribution in [0.2, 0.25) is 0 Å². The Morgan fingerprint density at radius 2 is 1.93 bits per heavy atom. The zero-order valence-electron chi connectivity index (χ0n) is 18.1. The molecule has 9 heteroatoms. The molecule has 0 unspecified atom stereocenters. The highest BCUT2D eigenvalue weighted by molar-refractivity contribution is 5.85. The summed E-state index contributed by atoms with van der Waals surface area (Å²) in [5, 5.41) is 16.8. The number of amides is 1. The van der Waals surface area contributed by atoms with Gasteiger partial charge >= 0.3 is 0 Å². The van der Waals surface area contributed by atoms with Crippen LogP contribution in [0.1, 0.15) is 40.2 Å². The molecule has 1 aliphatic rings. The first-order valence-corrected chi connectivity index (χ1v) is 9.84. The van der Waals surface area contributed by atoms with Crippen molar-refractivity contribution in [1.82, 2.24) is 10.6 Å². The third-order valence-electron chi connectivity index (χ3n) is 4.60. The van der Waals surface area contributed by atoms with Crippen LogP contribution in [0.4, 0.5) is 8.78 Å². The smallest absolute Gasteiger partial charge is 0.217 e. The minimum absolute atomic E-state index is 0. The lowest BCUT2D eigenvalue weighted by Crippen LogP contribution is -2.62. The van der Waals surface area contributed by atoms with Crippen LogP contribution in [0.5, 0.6) is 0 Å². The summed E-state index contributed by atoms with van der Waals surface area (Å²) in [7, 11) is 0. The number of carbonyl (C=O) groups is 1. The molecule has 3 N–H and O–H groups in total. The van der Waals surface area contributed by atoms with Crippen molar-refractivity contribution in [2.24, 2.45) is 5.41 Å². The molecule has 172 valence electrons. The number of hydrogen-bond acceptors (Lipinski definition) is 5. The van der Waals surface area contributed by atoms with Crippen molar-refractivity contribution in [2.75, 3.05) is 13.2 Å². The minimum Gasteiger partial charge on any atom is -0.389 e. The largest absolute Gasteiger partial charge is 0.389 e. The predicted octanol–water partition coefficient (Wildman–Crippen LogP) is 2.56. The van der Waals surface area contributed by atoms with E-state index in [9.17, 15) is 18.7 Å². The lowest BCUT2D eigenvalue weighted by atomic mass is 9.95. The summed E-state index contributed by atoms with van der Waals surface area (Å²) < 4.78 is 38.6. The van der Waals surface area contributed by atoms with E-state index < -0.39 is 36.1 Å². The van der Waals surface area contributed by atoms with Gasteiger partial charge in [0.1, 0.15) is 11.6 Å². The van der Waals surface area contributed by atoms with E-state index in [1.54, 1.807) is 0 Å². The van der Waals surface area contributed by atoms with Crippen LogP contribution in [0.3, 0.4) is 0 Å². The standard InChI is InChI=1S/C21H32F2N2O4.ClH/c1-12-20(29-11-21(3,4)5)28-10-18(24-12)19(27)17(25-13(2)26)8-14-6-15(22)9-16(23)7-14;/h6-7,9,12,17-20,24,27H,8,10-11H2,1-5H3,(H,25,26);1H/t12-,17-,18-,19+,20-;/m0./s1. The average Bonchev–Trinajstić information content (AvgIpc) is 2.57. The molecule has 2 rings (SSSR count). The summed E-state index contributed by atoms with van der Waals surface area (Å²) in [4.78, 5) is 11.6. The molecule has 5 atom stereocenters. The number of aliphatic hydroxyl groups excluding tert-OH is 1. The molecule has 1 fully saturated rings. The third kappa shape index (κ3) is 8.43. The lowest BCUT2D eigenvalue weighted by Gasteiger charge is -2.40. The van der Waals surface area contributed by atoms with Crippen LogP contribution in [0.25, 0.3) is 0 Å². The van der Waals surface area contributed by atoms with Gasteiger partial charge in [-0.3, -0.25) is 4.79 Å². The van der Waals surface area contributed by atoms with Gasteiger partial charge in [0.05, 0.1) is 37.4 Å². The quantitative estimate of drug-likeness (QED) is 0.595. The van der Waals surface area contributed by atoms with E-state index in [4.69, 9.17) is 9.47 Å². The number of rotatable bonds is 7. The van der Waals surface area contributed by atoms with E-state index in [0.717, 1.165) is 6.07 Å². The second-order valence-corrected chi connectivity index (χ2v) is 8.91. The zero-order valence-corrected chi connectivity index (χ0v) is 18.9. The van der Waals surface area contributed by atoms with Gasteiger partial charge in [-0.2, -0.15) is 0 Å². The lowest BCUT2D eigenvalue weighted by molar-refractivity contribution is -0.201. The topological polar surface area (TPSA) is 79.8 Å². The maximum Gasteiger partial charge on any atom is 0.217 e. The van der Waals surface area contributed by atoms with Crippen molar-refractivity contribution < 1.29 is 28.2 Å². The number of morpholine rings is 1. The number of carbonyl (C=O) groups excluding carboxylic acids is 1. The summed E-state index contributed by atoms with van der Waals surface area (Å²) in [6.45, 7) is 10.1. The summed E-state index contributed by atoms with van der Waals surface area (Å²) in [5.74, 6) is -1.76. The Morgan fingerprint density at radius 1 is 1.33 bits per heavy atom. The number of nitrogens with one attached hydrogen (secondary N) is 2. The second kappa shape index (κ2) is 11.3. The molecule has 1 aromatic rings. The van der Waals surface area contributed by atoms with Gasteiger partial charge in [0.2, 0.25) is 5.91 Å². The fourth-order valence-electron chi connectivity index (χ4n) is 3.31. The SMILES string of the molecule is CC(=O)N[C@@H](Cc1cc(F)cc(F)c1)[C@@H](O)[C@@H]1CO[C@@H](OCC(C)(C)C)[C@H](C)N1.Cl. The highest BCUT2D eigenvalue weighted by atomic mass is 35.5. The Bertz CT molecular complexity index is 682. The molecule has 0 bridgehead atoms. The summed E-state index contributed by atoms with van der Waals surface area (Å²) >= 11 is 0. The molecule has 1 heterocycles. The highest BCUT2D eigenvalue weighted by Crippen LogP contribution is 2.20. The van der Waals surface area contributed by atoms with E-state index in [0.29, 0.717) is 12.2 Å². The number of benzene rings is 1. The number of aliphatic hydroxyl groups is 1. The fourth-order valence-corrected chi connectivity index (χ4v) is 3.31. The molecule has 1 amide bonds. The van der Waals surface area contributed by atoms with E-state index >= 15 is 0 Å². The van der Waals surface area contributed by atoms with Gasteiger partial charge in [-0.1, -0.05) is 20.8 Å². The van der Waals surface area contributed by atoms with Crippen molar-refractivity contribution in [1.29, 1.82) is 0 Å². The van der Waals surface area contributed by atoms with Crippen molar-refractivity contribution in [3.8, 4) is 0 Å². The number of halogens is 3. The van der Waals surface area contributed by atoms with E-state index in [2.05, 4.69) is 31.4 Å². The summed E-state index contributed by atoms with van der Waals surface area (Å²) in [5.41, 5.74) is 0.340. The van der Waals surface area contributed by atoms with E-state index in [1.165, 1.54) is 19.1 Å². The molecule has 0 spiro atoms. The highest BCUT2D eigenvalue weighted by Gasteiger charge is 2.36. The molecular weight excluding hydrogens is 418 g/mol. The predicted molar refractivity (Wildman–Crippen MR) is 112 cm³/mol. The Hall–Kier alpha value is -1.32. The maximum atomic E-state index is 13.5. The Kier molecular flexibility index (Phi) is 10.1. The van der Waals surface area contributed by atoms with Gasteiger partial charge in [-0.25, -0.2) is 8.78 Å². The van der Waals surface area contributed by atoms with Crippen LogP contribution in [-0.4, -0.2) is 54.7 Å². The first-order valence-electron chi connectivity index (χ1n) is 9.84. The number of ether oxygens (including phenoxy) is 2. The molecular formula is C21H33ClF2N2O4. The van der Waals surface area contributed by atoms with E-state index in [1.807, 2.05) is 6.92 Å². The molecule has 1 aliphatic heterocycles. The molecule has 30 heavy (non-hydrogen) atoms. The van der Waals surface area contributed by atoms with Crippen LogP contribution in [-0.2, 0) is 20.7 Å². The van der Waals surface area contributed by atoms with E-state index in [-0.39, 0.29) is 42.8 Å². The normalized spacial score (nSPS) is 23.9. The second-order valence-electron chi connectivity index (χ2n) is 8.91. The molecule has 0 aromatic heterocycles. The first kappa shape index (κ1) is 26.7. The maximum absolute atomic E-state index is 13.5. The minimum atomic E-state index is -1.03. The van der Waals surface area contributed by atoms with Gasteiger partial charge in [0, 0.05) is 13.0 Å². The average molecular weight is 451 g/mol. The van der Waals surface area contributed by atoms with Gasteiger partial charge < -0.3 is 25.2 Å². The Labute approximate surface area is 183 Å². The fraction of sp³-hybridized carbons (Fsp3) is 0.667. The van der Waals surface area contributed by atoms with Crippen LogP contribution < -0.4 is 10.6 Å². The van der Waals surface area contributed by atoms with Crippen molar-refractivity contribution in [3.05, 3.63) is 35.4 Å². The van der Waals surface area contributed by atoms with Crippen LogP contribution in [0, 0.1) is 17.0 Å². The molecule has 1 saturated heterocycles. The molecule has 0 saturated carbocycles. The third-order valence-corrected chi connectivity index (χ3v) is 4.60. The van der Waals surface area contributed by atoms with Crippen molar-refractivity contribution >= 4 is 18.3 Å². The zero-order chi connectivity index (χ0) is 21.8. The first-order chi connectivity index (χ1) is 13.4. The molecule has 0 aliphatic carbocycles. The molecule has 0 radical (unpaired) electrons. The van der Waals surface area contributed by atoms with Crippen LogP contribution in [0.15, 0.2) is 18.2 Å². The van der Waals surface area contributed by atoms with Gasteiger partial charge in [0.25, 0.3) is 0 Å². The van der Waals surface area contributed by atoms with Gasteiger partial charge in [-0.05, 0) is 36.5 Å². The number of hydrogen-bond donors (Lipinski definition) is 3. The van der Waals surface area contributed by atoms with Gasteiger partial charge in [0.15, 0.2) is 6.29 Å². The monoisotopic (exact) mass is 450 g/mol. The Balaban J connectivity index is 0.00000450. The van der Waals surface area contributed by atoms with Crippen molar-refractivity contribution in [3.63, 3.8) is 0 Å². The van der Waals surface area contributed by atoms with Gasteiger partial charge in [-0.15, -0.1) is 12.4 Å². The summed E-state index contributed by atoms with van der Waals surface area (Å²) in [6.07, 6.45) is -1.41. The molecule has 1 aromatic carbocycles. The molecule has 6 nitrogen and oxygen atoms in total. The van der Waals surface area contributed by atoms with Crippen molar-refractivity contribution in [2.45, 2.75) is 71.6 Å². The Morgan fingerprint density at radius 3 is 2.43 bits per heavy atom. The van der Waals surface area contributed by atoms with Crippen LogP contribution >= 0.6 is 12.4 Å².